The second kappa shape index (κ2) is 3.88. The van der Waals surface area contributed by atoms with Crippen LogP contribution in [0.4, 0.5) is 0 Å². The zero-order valence-corrected chi connectivity index (χ0v) is 7.90. The quantitative estimate of drug-likeness (QED) is 0.662. The van der Waals surface area contributed by atoms with Gasteiger partial charge in [0.05, 0.1) is 0 Å². The van der Waals surface area contributed by atoms with Gasteiger partial charge in [-0.05, 0) is 24.3 Å². The lowest BCUT2D eigenvalue weighted by atomic mass is 10.1. The molecule has 0 aliphatic rings. The number of aromatic hydroxyl groups is 1. The Kier molecular flexibility index (Phi) is 2.41. The fourth-order valence-electron chi connectivity index (χ4n) is 1.45. The van der Waals surface area contributed by atoms with Gasteiger partial charge in [-0.15, -0.1) is 0 Å². The van der Waals surface area contributed by atoms with E-state index in [4.69, 9.17) is 0 Å². The van der Waals surface area contributed by atoms with Crippen molar-refractivity contribution >= 4 is 23.4 Å². The predicted molar refractivity (Wildman–Crippen MR) is 58.2 cm³/mol. The molecule has 1 heterocycles. The summed E-state index contributed by atoms with van der Waals surface area (Å²) < 4.78 is 0. The van der Waals surface area contributed by atoms with Crippen LogP contribution in [-0.4, -0.2) is 16.5 Å². The summed E-state index contributed by atoms with van der Waals surface area (Å²) in [6, 6.07) is 5.45. The number of H-pyrrole nitrogens is 1. The first-order valence-corrected chi connectivity index (χ1v) is 4.48. The molecule has 15 heavy (non-hydrogen) atoms. The third-order valence-corrected chi connectivity index (χ3v) is 2.16. The molecule has 1 aromatic carbocycles. The van der Waals surface area contributed by atoms with Gasteiger partial charge in [0.2, 0.25) is 6.41 Å². The second-order valence-electron chi connectivity index (χ2n) is 3.06. The maximum absolute atomic E-state index is 10.0. The number of hydrogen-bond acceptors (Lipinski definition) is 2. The lowest BCUT2D eigenvalue weighted by molar-refractivity contribution is -0.108. The average Bonchev–Trinajstić information content (AvgIpc) is 2.70. The SMILES string of the molecule is O=CNC=Cc1ccc2[nH]ccc2c1O. The first kappa shape index (κ1) is 9.33. The van der Waals surface area contributed by atoms with E-state index in [0.29, 0.717) is 12.0 Å². The van der Waals surface area contributed by atoms with Gasteiger partial charge in [0.15, 0.2) is 0 Å². The lowest BCUT2D eigenvalue weighted by Gasteiger charge is -2.00. The number of benzene rings is 1. The smallest absolute Gasteiger partial charge is 0.211 e. The number of fused-ring (bicyclic) bond motifs is 1. The minimum Gasteiger partial charge on any atom is -0.507 e. The van der Waals surface area contributed by atoms with Crippen molar-refractivity contribution in [2.24, 2.45) is 0 Å². The molecule has 3 N–H and O–H groups in total. The summed E-state index contributed by atoms with van der Waals surface area (Å²) in [5.41, 5.74) is 1.55. The molecule has 4 heteroatoms. The van der Waals surface area contributed by atoms with Gasteiger partial charge in [-0.3, -0.25) is 4.79 Å². The Balaban J connectivity index is 2.43. The molecule has 0 saturated heterocycles. The van der Waals surface area contributed by atoms with Crippen LogP contribution in [-0.2, 0) is 4.79 Å². The summed E-state index contributed by atoms with van der Waals surface area (Å²) in [6.45, 7) is 0. The summed E-state index contributed by atoms with van der Waals surface area (Å²) in [4.78, 5) is 13.0. The van der Waals surface area contributed by atoms with E-state index in [1.54, 1.807) is 24.4 Å². The molecule has 0 spiro atoms. The second-order valence-corrected chi connectivity index (χ2v) is 3.06. The molecule has 2 rings (SSSR count). The van der Waals surface area contributed by atoms with Crippen molar-refractivity contribution in [3.8, 4) is 5.75 Å². The van der Waals surface area contributed by atoms with Gasteiger partial charge >= 0.3 is 0 Å². The van der Waals surface area contributed by atoms with Gasteiger partial charge in [0.1, 0.15) is 5.75 Å². The topological polar surface area (TPSA) is 65.1 Å². The third kappa shape index (κ3) is 1.69. The van der Waals surface area contributed by atoms with Gasteiger partial charge < -0.3 is 15.4 Å². The Bertz CT molecular complexity index is 514. The van der Waals surface area contributed by atoms with Crippen LogP contribution in [0.25, 0.3) is 17.0 Å². The van der Waals surface area contributed by atoms with Crippen LogP contribution in [0, 0.1) is 0 Å². The number of hydrogen-bond donors (Lipinski definition) is 3. The molecule has 4 nitrogen and oxygen atoms in total. The van der Waals surface area contributed by atoms with E-state index < -0.39 is 0 Å². The minimum absolute atomic E-state index is 0.206. The fraction of sp³-hybridized carbons (Fsp3) is 0. The Morgan fingerprint density at radius 3 is 3.00 bits per heavy atom. The molecule has 0 bridgehead atoms. The highest BCUT2D eigenvalue weighted by Gasteiger charge is 2.03. The van der Waals surface area contributed by atoms with Crippen molar-refractivity contribution in [1.82, 2.24) is 10.3 Å². The molecule has 0 aliphatic heterocycles. The largest absolute Gasteiger partial charge is 0.507 e. The molecule has 0 radical (unpaired) electrons. The van der Waals surface area contributed by atoms with E-state index in [-0.39, 0.29) is 5.75 Å². The Hall–Kier alpha value is -2.23. The molecular formula is C11H10N2O2. The highest BCUT2D eigenvalue weighted by molar-refractivity contribution is 5.89. The van der Waals surface area contributed by atoms with Crippen LogP contribution in [0.3, 0.4) is 0 Å². The van der Waals surface area contributed by atoms with Crippen molar-refractivity contribution in [3.63, 3.8) is 0 Å². The molecule has 0 atom stereocenters. The molecule has 76 valence electrons. The number of rotatable bonds is 3. The standard InChI is InChI=1S/C11H10N2O2/c14-7-12-5-3-8-1-2-10-9(11(8)15)4-6-13-10/h1-7,13,15H,(H,12,14). The zero-order valence-electron chi connectivity index (χ0n) is 7.90. The Morgan fingerprint density at radius 2 is 2.20 bits per heavy atom. The average molecular weight is 202 g/mol. The maximum Gasteiger partial charge on any atom is 0.211 e. The highest BCUT2D eigenvalue weighted by atomic mass is 16.3. The van der Waals surface area contributed by atoms with Crippen molar-refractivity contribution in [2.45, 2.75) is 0 Å². The van der Waals surface area contributed by atoms with Gasteiger partial charge in [-0.2, -0.15) is 0 Å². The van der Waals surface area contributed by atoms with Gasteiger partial charge in [0, 0.05) is 28.9 Å². The summed E-state index contributed by atoms with van der Waals surface area (Å²) in [5.74, 6) is 0.206. The molecular weight excluding hydrogens is 192 g/mol. The first-order valence-electron chi connectivity index (χ1n) is 4.48. The number of phenols is 1. The monoisotopic (exact) mass is 202 g/mol. The van der Waals surface area contributed by atoms with E-state index in [1.165, 1.54) is 6.20 Å². The zero-order chi connectivity index (χ0) is 10.7. The van der Waals surface area contributed by atoms with Crippen LogP contribution in [0.5, 0.6) is 5.75 Å². The number of aromatic nitrogens is 1. The molecule has 1 amide bonds. The lowest BCUT2D eigenvalue weighted by Crippen LogP contribution is -1.97. The van der Waals surface area contributed by atoms with Gasteiger partial charge in [-0.25, -0.2) is 0 Å². The van der Waals surface area contributed by atoms with E-state index in [1.807, 2.05) is 6.07 Å². The summed E-state index contributed by atoms with van der Waals surface area (Å²) in [5, 5.41) is 13.0. The summed E-state index contributed by atoms with van der Waals surface area (Å²) in [6.07, 6.45) is 5.45. The molecule has 2 aromatic rings. The maximum atomic E-state index is 10.0. The van der Waals surface area contributed by atoms with Gasteiger partial charge in [-0.1, -0.05) is 0 Å². The molecule has 0 saturated carbocycles. The normalized spacial score (nSPS) is 10.9. The van der Waals surface area contributed by atoms with Crippen molar-refractivity contribution in [1.29, 1.82) is 0 Å². The van der Waals surface area contributed by atoms with Crippen molar-refractivity contribution < 1.29 is 9.90 Å². The fourth-order valence-corrected chi connectivity index (χ4v) is 1.45. The van der Waals surface area contributed by atoms with Crippen LogP contribution < -0.4 is 5.32 Å². The Labute approximate surface area is 86.2 Å². The van der Waals surface area contributed by atoms with E-state index in [2.05, 4.69) is 10.3 Å². The van der Waals surface area contributed by atoms with E-state index in [9.17, 15) is 9.90 Å². The summed E-state index contributed by atoms with van der Waals surface area (Å²) in [7, 11) is 0. The van der Waals surface area contributed by atoms with Crippen molar-refractivity contribution in [3.05, 3.63) is 36.2 Å². The molecule has 1 aromatic heterocycles. The van der Waals surface area contributed by atoms with Crippen molar-refractivity contribution in [2.75, 3.05) is 0 Å². The highest BCUT2D eigenvalue weighted by Crippen LogP contribution is 2.28. The van der Waals surface area contributed by atoms with E-state index in [0.717, 1.165) is 10.9 Å². The molecule has 0 fully saturated rings. The van der Waals surface area contributed by atoms with Crippen LogP contribution in [0.1, 0.15) is 5.56 Å². The van der Waals surface area contributed by atoms with E-state index >= 15 is 0 Å². The molecule has 0 aliphatic carbocycles. The number of carbonyl (C=O) groups is 1. The van der Waals surface area contributed by atoms with Crippen LogP contribution in [0.15, 0.2) is 30.6 Å². The van der Waals surface area contributed by atoms with Crippen LogP contribution in [0.2, 0.25) is 0 Å². The van der Waals surface area contributed by atoms with Gasteiger partial charge in [0.25, 0.3) is 0 Å². The minimum atomic E-state index is 0.206. The number of carbonyl (C=O) groups excluding carboxylic acids is 1. The predicted octanol–water partition coefficient (Wildman–Crippen LogP) is 1.59. The number of amides is 1. The number of phenolic OH excluding ortho intramolecular Hbond substituents is 1. The Morgan fingerprint density at radius 1 is 1.33 bits per heavy atom. The first-order chi connectivity index (χ1) is 7.33. The number of aromatic amines is 1. The van der Waals surface area contributed by atoms with Crippen LogP contribution >= 0.6 is 0 Å². The molecule has 0 unspecified atom stereocenters. The number of nitrogens with one attached hydrogen (secondary N) is 2. The third-order valence-electron chi connectivity index (χ3n) is 2.16. The summed E-state index contributed by atoms with van der Waals surface area (Å²) >= 11 is 0.